The normalized spacial score (nSPS) is 37.8. The molecule has 1 aliphatic heterocycles. The van der Waals surface area contributed by atoms with Gasteiger partial charge in [-0.15, -0.1) is 0 Å². The summed E-state index contributed by atoms with van der Waals surface area (Å²) in [6, 6.07) is 0. The van der Waals surface area contributed by atoms with E-state index in [2.05, 4.69) is 69.2 Å². The highest BCUT2D eigenvalue weighted by atomic mass is 16.5. The summed E-state index contributed by atoms with van der Waals surface area (Å²) in [5.41, 5.74) is 0.338. The molecule has 0 aromatic heterocycles. The van der Waals surface area contributed by atoms with Crippen LogP contribution in [0.25, 0.3) is 0 Å². The Kier molecular flexibility index (Phi) is 3.09. The van der Waals surface area contributed by atoms with E-state index in [1.165, 1.54) is 0 Å². The maximum absolute atomic E-state index is 6.58. The van der Waals surface area contributed by atoms with E-state index < -0.39 is 0 Å². The maximum atomic E-state index is 6.58. The van der Waals surface area contributed by atoms with Gasteiger partial charge in [-0.2, -0.15) is 0 Å². The van der Waals surface area contributed by atoms with Gasteiger partial charge in [0.15, 0.2) is 0 Å². The van der Waals surface area contributed by atoms with Crippen molar-refractivity contribution in [1.82, 2.24) is 0 Å². The molecule has 0 saturated carbocycles. The van der Waals surface area contributed by atoms with Crippen LogP contribution in [-0.2, 0) is 4.74 Å². The zero-order chi connectivity index (χ0) is 13.9. The van der Waals surface area contributed by atoms with Crippen LogP contribution in [0.4, 0.5) is 0 Å². The van der Waals surface area contributed by atoms with Crippen LogP contribution in [0.5, 0.6) is 0 Å². The molecular weight excluding hydrogens is 208 g/mol. The second-order valence-electron chi connectivity index (χ2n) is 8.07. The van der Waals surface area contributed by atoms with Crippen molar-refractivity contribution in [2.45, 2.75) is 86.9 Å². The lowest BCUT2D eigenvalue weighted by molar-refractivity contribution is -0.330. The number of hydrogen-bond acceptors (Lipinski definition) is 1. The molecule has 17 heavy (non-hydrogen) atoms. The van der Waals surface area contributed by atoms with Crippen molar-refractivity contribution in [3.05, 3.63) is 0 Å². The van der Waals surface area contributed by atoms with Crippen molar-refractivity contribution < 1.29 is 4.74 Å². The standard InChI is InChI=1S/C16H32O/c1-11-16(10)14(6,7)12(2,3)13(4,5)15(8,9)17-16/h11H2,1-10H3. The topological polar surface area (TPSA) is 9.23 Å². The molecule has 1 saturated heterocycles. The van der Waals surface area contributed by atoms with Crippen LogP contribution < -0.4 is 0 Å². The number of hydrogen-bond donors (Lipinski definition) is 0. The molecule has 0 aromatic carbocycles. The summed E-state index contributed by atoms with van der Waals surface area (Å²) in [4.78, 5) is 0. The maximum Gasteiger partial charge on any atom is 0.0715 e. The van der Waals surface area contributed by atoms with Crippen LogP contribution >= 0.6 is 0 Å². The van der Waals surface area contributed by atoms with Crippen LogP contribution in [0, 0.1) is 16.2 Å². The third-order valence-corrected chi connectivity index (χ3v) is 7.11. The van der Waals surface area contributed by atoms with Gasteiger partial charge in [0.05, 0.1) is 11.2 Å². The Hall–Kier alpha value is -0.0400. The summed E-state index contributed by atoms with van der Waals surface area (Å²) >= 11 is 0. The monoisotopic (exact) mass is 240 g/mol. The Balaban J connectivity index is 3.46. The summed E-state index contributed by atoms with van der Waals surface area (Å²) in [6.45, 7) is 23.3. The van der Waals surface area contributed by atoms with Gasteiger partial charge in [0, 0.05) is 0 Å². The quantitative estimate of drug-likeness (QED) is 0.623. The highest BCUT2D eigenvalue weighted by Gasteiger charge is 2.66. The lowest BCUT2D eigenvalue weighted by Crippen LogP contribution is -2.70. The summed E-state index contributed by atoms with van der Waals surface area (Å²) in [5.74, 6) is 0. The SMILES string of the molecule is CCC1(C)OC(C)(C)C(C)(C)C(C)(C)C1(C)C. The predicted molar refractivity (Wildman–Crippen MR) is 75.2 cm³/mol. The summed E-state index contributed by atoms with van der Waals surface area (Å²) < 4.78 is 6.58. The van der Waals surface area contributed by atoms with Crippen LogP contribution in [0.15, 0.2) is 0 Å². The molecule has 0 aliphatic carbocycles. The van der Waals surface area contributed by atoms with Crippen molar-refractivity contribution in [1.29, 1.82) is 0 Å². The molecule has 1 rings (SSSR count). The van der Waals surface area contributed by atoms with Gasteiger partial charge in [-0.3, -0.25) is 0 Å². The molecule has 1 aliphatic rings. The van der Waals surface area contributed by atoms with E-state index in [0.29, 0.717) is 0 Å². The third-order valence-electron chi connectivity index (χ3n) is 7.11. The summed E-state index contributed by atoms with van der Waals surface area (Å²) in [5, 5.41) is 0. The highest BCUT2D eigenvalue weighted by molar-refractivity contribution is 5.14. The molecule has 1 atom stereocenters. The first-order chi connectivity index (χ1) is 7.27. The number of rotatable bonds is 1. The second kappa shape index (κ2) is 3.50. The largest absolute Gasteiger partial charge is 0.368 e. The molecule has 0 N–H and O–H groups in total. The zero-order valence-electron chi connectivity index (χ0n) is 13.6. The van der Waals surface area contributed by atoms with E-state index in [1.807, 2.05) is 0 Å². The summed E-state index contributed by atoms with van der Waals surface area (Å²) in [7, 11) is 0. The van der Waals surface area contributed by atoms with Gasteiger partial charge < -0.3 is 4.74 Å². The van der Waals surface area contributed by atoms with Crippen LogP contribution in [-0.4, -0.2) is 11.2 Å². The Morgan fingerprint density at radius 1 is 0.647 bits per heavy atom. The van der Waals surface area contributed by atoms with Gasteiger partial charge >= 0.3 is 0 Å². The first kappa shape index (κ1) is 15.0. The van der Waals surface area contributed by atoms with E-state index in [4.69, 9.17) is 4.74 Å². The molecule has 1 unspecified atom stereocenters. The number of ether oxygens (including phenoxy) is 1. The Morgan fingerprint density at radius 2 is 1.06 bits per heavy atom. The van der Waals surface area contributed by atoms with Crippen LogP contribution in [0.1, 0.15) is 75.7 Å². The van der Waals surface area contributed by atoms with Crippen molar-refractivity contribution in [3.63, 3.8) is 0 Å². The molecule has 0 radical (unpaired) electrons. The molecule has 0 spiro atoms. The van der Waals surface area contributed by atoms with Gasteiger partial charge in [-0.1, -0.05) is 48.5 Å². The highest BCUT2D eigenvalue weighted by Crippen LogP contribution is 2.66. The molecule has 0 aromatic rings. The first-order valence-electron chi connectivity index (χ1n) is 6.97. The lowest BCUT2D eigenvalue weighted by Gasteiger charge is -2.69. The lowest BCUT2D eigenvalue weighted by atomic mass is 9.44. The van der Waals surface area contributed by atoms with Crippen molar-refractivity contribution in [3.8, 4) is 0 Å². The van der Waals surface area contributed by atoms with E-state index in [-0.39, 0.29) is 27.4 Å². The Labute approximate surface area is 108 Å². The minimum absolute atomic E-state index is 0.0600. The van der Waals surface area contributed by atoms with Crippen LogP contribution in [0.3, 0.4) is 0 Å². The van der Waals surface area contributed by atoms with Crippen molar-refractivity contribution >= 4 is 0 Å². The molecule has 1 nitrogen and oxygen atoms in total. The fourth-order valence-electron chi connectivity index (χ4n) is 3.53. The van der Waals surface area contributed by atoms with Gasteiger partial charge in [-0.25, -0.2) is 0 Å². The smallest absolute Gasteiger partial charge is 0.0715 e. The predicted octanol–water partition coefficient (Wildman–Crippen LogP) is 5.04. The average molecular weight is 240 g/mol. The minimum atomic E-state index is -0.100. The molecule has 102 valence electrons. The Morgan fingerprint density at radius 3 is 1.41 bits per heavy atom. The second-order valence-corrected chi connectivity index (χ2v) is 8.07. The average Bonchev–Trinajstić information content (AvgIpc) is 2.14. The Bertz CT molecular complexity index is 309. The molecule has 1 heteroatoms. The van der Waals surface area contributed by atoms with Crippen LogP contribution in [0.2, 0.25) is 0 Å². The van der Waals surface area contributed by atoms with E-state index in [0.717, 1.165) is 6.42 Å². The fourth-order valence-corrected chi connectivity index (χ4v) is 3.53. The summed E-state index contributed by atoms with van der Waals surface area (Å²) in [6.07, 6.45) is 1.06. The van der Waals surface area contributed by atoms with Gasteiger partial charge in [0.1, 0.15) is 0 Å². The van der Waals surface area contributed by atoms with E-state index >= 15 is 0 Å². The van der Waals surface area contributed by atoms with Gasteiger partial charge in [0.2, 0.25) is 0 Å². The molecular formula is C16H32O. The minimum Gasteiger partial charge on any atom is -0.368 e. The fraction of sp³-hybridized carbons (Fsp3) is 1.00. The van der Waals surface area contributed by atoms with Crippen molar-refractivity contribution in [2.24, 2.45) is 16.2 Å². The zero-order valence-corrected chi connectivity index (χ0v) is 13.6. The first-order valence-corrected chi connectivity index (χ1v) is 6.97. The van der Waals surface area contributed by atoms with E-state index in [1.54, 1.807) is 0 Å². The molecule has 0 bridgehead atoms. The third kappa shape index (κ3) is 1.54. The van der Waals surface area contributed by atoms with E-state index in [9.17, 15) is 0 Å². The molecule has 1 heterocycles. The molecule has 1 fully saturated rings. The van der Waals surface area contributed by atoms with Crippen molar-refractivity contribution in [2.75, 3.05) is 0 Å². The van der Waals surface area contributed by atoms with Gasteiger partial charge in [-0.05, 0) is 43.4 Å². The van der Waals surface area contributed by atoms with Gasteiger partial charge in [0.25, 0.3) is 0 Å². The molecule has 0 amide bonds.